The van der Waals surface area contributed by atoms with E-state index in [2.05, 4.69) is 56.0 Å². The first kappa shape index (κ1) is 22.3. The minimum absolute atomic E-state index is 0.735. The molecular formula is C28H42O. The number of benzene rings is 1. The molecule has 0 amide bonds. The fraction of sp³-hybridized carbons (Fsp3) is 0.643. The fourth-order valence-corrected chi connectivity index (χ4v) is 5.36. The Morgan fingerprint density at radius 1 is 0.897 bits per heavy atom. The van der Waals surface area contributed by atoms with E-state index in [0.717, 1.165) is 43.3 Å². The maximum Gasteiger partial charge on any atom is 0.0717 e. The van der Waals surface area contributed by atoms with Crippen molar-refractivity contribution in [3.05, 3.63) is 60.2 Å². The molecule has 0 heterocycles. The van der Waals surface area contributed by atoms with Gasteiger partial charge < -0.3 is 4.74 Å². The van der Waals surface area contributed by atoms with E-state index < -0.39 is 0 Å². The topological polar surface area (TPSA) is 9.23 Å². The van der Waals surface area contributed by atoms with E-state index in [1.807, 2.05) is 0 Å². The monoisotopic (exact) mass is 394 g/mol. The molecule has 0 saturated heterocycles. The molecule has 1 heteroatoms. The van der Waals surface area contributed by atoms with Gasteiger partial charge in [0.25, 0.3) is 0 Å². The lowest BCUT2D eigenvalue weighted by Gasteiger charge is -2.31. The fourth-order valence-electron chi connectivity index (χ4n) is 5.36. The Balaban J connectivity index is 1.33. The van der Waals surface area contributed by atoms with Gasteiger partial charge in [-0.1, -0.05) is 55.3 Å². The number of allylic oxidation sites excluding steroid dienone is 2. The van der Waals surface area contributed by atoms with Gasteiger partial charge in [0.1, 0.15) is 0 Å². The van der Waals surface area contributed by atoms with Gasteiger partial charge in [-0.3, -0.25) is 0 Å². The SMILES string of the molecule is C=CC1CCC(CCC2CCC(c3ccc(COCCC=CC)cc3)CC2)CC1. The van der Waals surface area contributed by atoms with Crippen molar-refractivity contribution in [2.24, 2.45) is 17.8 Å². The molecule has 0 bridgehead atoms. The second kappa shape index (κ2) is 12.4. The van der Waals surface area contributed by atoms with Crippen molar-refractivity contribution in [3.63, 3.8) is 0 Å². The molecule has 2 aliphatic carbocycles. The van der Waals surface area contributed by atoms with Crippen molar-refractivity contribution in [1.29, 1.82) is 0 Å². The third kappa shape index (κ3) is 7.45. The Kier molecular flexibility index (Phi) is 9.54. The summed E-state index contributed by atoms with van der Waals surface area (Å²) < 4.78 is 5.75. The molecule has 0 spiro atoms. The lowest BCUT2D eigenvalue weighted by molar-refractivity contribution is 0.125. The summed E-state index contributed by atoms with van der Waals surface area (Å²) in [5.74, 6) is 3.56. The minimum atomic E-state index is 0.735. The van der Waals surface area contributed by atoms with E-state index in [9.17, 15) is 0 Å². The van der Waals surface area contributed by atoms with Crippen molar-refractivity contribution in [3.8, 4) is 0 Å². The van der Waals surface area contributed by atoms with Crippen LogP contribution < -0.4 is 0 Å². The van der Waals surface area contributed by atoms with Gasteiger partial charge in [0.15, 0.2) is 0 Å². The number of hydrogen-bond acceptors (Lipinski definition) is 1. The molecule has 3 rings (SSSR count). The highest BCUT2D eigenvalue weighted by Gasteiger charge is 2.24. The normalized spacial score (nSPS) is 27.9. The summed E-state index contributed by atoms with van der Waals surface area (Å²) >= 11 is 0. The van der Waals surface area contributed by atoms with E-state index in [1.54, 1.807) is 5.56 Å². The van der Waals surface area contributed by atoms with Crippen LogP contribution in [-0.4, -0.2) is 6.61 Å². The minimum Gasteiger partial charge on any atom is -0.376 e. The summed E-state index contributed by atoms with van der Waals surface area (Å²) in [5, 5.41) is 0. The van der Waals surface area contributed by atoms with Crippen LogP contribution in [0, 0.1) is 17.8 Å². The molecule has 1 aromatic rings. The zero-order chi connectivity index (χ0) is 20.3. The Bertz CT molecular complexity index is 598. The van der Waals surface area contributed by atoms with Crippen LogP contribution in [0.25, 0.3) is 0 Å². The molecular weight excluding hydrogens is 352 g/mol. The molecule has 0 aromatic heterocycles. The molecule has 2 fully saturated rings. The van der Waals surface area contributed by atoms with Crippen LogP contribution in [0.2, 0.25) is 0 Å². The van der Waals surface area contributed by atoms with Gasteiger partial charge in [-0.2, -0.15) is 0 Å². The maximum atomic E-state index is 5.75. The average molecular weight is 395 g/mol. The molecule has 1 aromatic carbocycles. The zero-order valence-electron chi connectivity index (χ0n) is 18.7. The highest BCUT2D eigenvalue weighted by Crippen LogP contribution is 2.39. The molecule has 2 aliphatic rings. The van der Waals surface area contributed by atoms with Crippen LogP contribution in [0.15, 0.2) is 49.1 Å². The third-order valence-electron chi connectivity index (χ3n) is 7.44. The summed E-state index contributed by atoms with van der Waals surface area (Å²) in [6.45, 7) is 7.58. The first-order chi connectivity index (χ1) is 14.3. The predicted molar refractivity (Wildman–Crippen MR) is 125 cm³/mol. The van der Waals surface area contributed by atoms with Crippen LogP contribution in [0.4, 0.5) is 0 Å². The van der Waals surface area contributed by atoms with E-state index >= 15 is 0 Å². The second-order valence-electron chi connectivity index (χ2n) is 9.46. The zero-order valence-corrected chi connectivity index (χ0v) is 18.7. The van der Waals surface area contributed by atoms with Crippen LogP contribution in [0.3, 0.4) is 0 Å². The summed E-state index contributed by atoms with van der Waals surface area (Å²) in [7, 11) is 0. The van der Waals surface area contributed by atoms with Crippen molar-refractivity contribution < 1.29 is 4.74 Å². The molecule has 160 valence electrons. The molecule has 0 radical (unpaired) electrons. The molecule has 0 aliphatic heterocycles. The number of ether oxygens (including phenoxy) is 1. The third-order valence-corrected chi connectivity index (χ3v) is 7.44. The average Bonchev–Trinajstić information content (AvgIpc) is 2.79. The highest BCUT2D eigenvalue weighted by atomic mass is 16.5. The largest absolute Gasteiger partial charge is 0.376 e. The van der Waals surface area contributed by atoms with Gasteiger partial charge in [-0.05, 0) is 99.5 Å². The van der Waals surface area contributed by atoms with E-state index in [0.29, 0.717) is 0 Å². The summed E-state index contributed by atoms with van der Waals surface area (Å²) in [6.07, 6.45) is 21.7. The smallest absolute Gasteiger partial charge is 0.0717 e. The molecule has 29 heavy (non-hydrogen) atoms. The van der Waals surface area contributed by atoms with Gasteiger partial charge >= 0.3 is 0 Å². The first-order valence-electron chi connectivity index (χ1n) is 12.2. The summed E-state index contributed by atoms with van der Waals surface area (Å²) in [5.41, 5.74) is 2.85. The number of rotatable bonds is 10. The van der Waals surface area contributed by atoms with Crippen molar-refractivity contribution in [2.45, 2.75) is 90.1 Å². The number of hydrogen-bond donors (Lipinski definition) is 0. The quantitative estimate of drug-likeness (QED) is 0.287. The van der Waals surface area contributed by atoms with Crippen LogP contribution in [-0.2, 0) is 11.3 Å². The van der Waals surface area contributed by atoms with Crippen molar-refractivity contribution in [2.75, 3.05) is 6.61 Å². The lowest BCUT2D eigenvalue weighted by atomic mass is 9.74. The van der Waals surface area contributed by atoms with E-state index in [4.69, 9.17) is 4.74 Å². The summed E-state index contributed by atoms with van der Waals surface area (Å²) in [4.78, 5) is 0. The van der Waals surface area contributed by atoms with E-state index in [1.165, 1.54) is 69.8 Å². The highest BCUT2D eigenvalue weighted by molar-refractivity contribution is 5.25. The standard InChI is InChI=1S/C28H42O/c1-3-5-6-21-29-22-26-15-19-28(20-16-26)27-17-13-25(14-18-27)12-11-24-9-7-23(4-2)8-10-24/h3-5,15-16,19-20,23-25,27H,2,6-14,17-18,21-22H2,1H3. The van der Waals surface area contributed by atoms with Gasteiger partial charge in [-0.15, -0.1) is 6.58 Å². The molecule has 0 atom stereocenters. The maximum absolute atomic E-state index is 5.75. The van der Waals surface area contributed by atoms with Crippen molar-refractivity contribution >= 4 is 0 Å². The first-order valence-corrected chi connectivity index (χ1v) is 12.2. The lowest BCUT2D eigenvalue weighted by Crippen LogP contribution is -2.17. The molecule has 0 N–H and O–H groups in total. The predicted octanol–water partition coefficient (Wildman–Crippen LogP) is 8.22. The van der Waals surface area contributed by atoms with E-state index in [-0.39, 0.29) is 0 Å². The Morgan fingerprint density at radius 3 is 2.10 bits per heavy atom. The molecule has 0 unspecified atom stereocenters. The van der Waals surface area contributed by atoms with Gasteiger partial charge in [-0.25, -0.2) is 0 Å². The van der Waals surface area contributed by atoms with Gasteiger partial charge in [0.05, 0.1) is 13.2 Å². The Hall–Kier alpha value is -1.34. The second-order valence-corrected chi connectivity index (χ2v) is 9.46. The Morgan fingerprint density at radius 2 is 1.52 bits per heavy atom. The van der Waals surface area contributed by atoms with Crippen LogP contribution in [0.5, 0.6) is 0 Å². The van der Waals surface area contributed by atoms with Crippen LogP contribution in [0.1, 0.15) is 94.6 Å². The molecule has 2 saturated carbocycles. The van der Waals surface area contributed by atoms with Gasteiger partial charge in [0, 0.05) is 0 Å². The van der Waals surface area contributed by atoms with Crippen molar-refractivity contribution in [1.82, 2.24) is 0 Å². The summed E-state index contributed by atoms with van der Waals surface area (Å²) in [6, 6.07) is 9.26. The van der Waals surface area contributed by atoms with Crippen LogP contribution >= 0.6 is 0 Å². The molecule has 1 nitrogen and oxygen atoms in total. The Labute approximate surface area is 179 Å². The van der Waals surface area contributed by atoms with Gasteiger partial charge in [0.2, 0.25) is 0 Å².